The van der Waals surface area contributed by atoms with Gasteiger partial charge in [0.1, 0.15) is 23.9 Å². The van der Waals surface area contributed by atoms with Gasteiger partial charge in [0.25, 0.3) is 0 Å². The zero-order valence-corrected chi connectivity index (χ0v) is 13.1. The predicted molar refractivity (Wildman–Crippen MR) is 92.6 cm³/mol. The maximum atomic E-state index is 13.6. The molecule has 0 amide bonds. The largest absolute Gasteiger partial charge is 0.508 e. The first kappa shape index (κ1) is 15.9. The number of nitrogens with one attached hydrogen (secondary N) is 1. The highest BCUT2D eigenvalue weighted by atomic mass is 19.1. The number of hydrogen-bond acceptors (Lipinski definition) is 3. The monoisotopic (exact) mass is 323 g/mol. The van der Waals surface area contributed by atoms with Crippen molar-refractivity contribution >= 4 is 5.69 Å². The topological polar surface area (TPSA) is 41.5 Å². The summed E-state index contributed by atoms with van der Waals surface area (Å²) in [7, 11) is 0. The number of benzene rings is 3. The third kappa shape index (κ3) is 4.26. The highest BCUT2D eigenvalue weighted by Gasteiger charge is 2.03. The van der Waals surface area contributed by atoms with Gasteiger partial charge in [0.2, 0.25) is 0 Å². The van der Waals surface area contributed by atoms with Gasteiger partial charge in [-0.05, 0) is 48.0 Å². The molecule has 0 atom stereocenters. The van der Waals surface area contributed by atoms with Gasteiger partial charge in [-0.3, -0.25) is 0 Å². The molecule has 3 aromatic carbocycles. The fourth-order valence-electron chi connectivity index (χ4n) is 2.31. The minimum atomic E-state index is -0.261. The smallest absolute Gasteiger partial charge is 0.129 e. The van der Waals surface area contributed by atoms with Crippen molar-refractivity contribution in [2.24, 2.45) is 0 Å². The van der Waals surface area contributed by atoms with Crippen molar-refractivity contribution in [3.05, 3.63) is 89.7 Å². The molecular formula is C20H18FNO2. The van der Waals surface area contributed by atoms with E-state index in [1.54, 1.807) is 30.3 Å². The molecule has 2 N–H and O–H groups in total. The SMILES string of the molecule is Oc1ccc(NCc2cccc(OCc3ccccc3F)c2)cc1. The van der Waals surface area contributed by atoms with E-state index in [0.29, 0.717) is 17.9 Å². The van der Waals surface area contributed by atoms with Crippen LogP contribution >= 0.6 is 0 Å². The van der Waals surface area contributed by atoms with Crippen molar-refractivity contribution in [1.29, 1.82) is 0 Å². The molecule has 0 heterocycles. The number of aromatic hydroxyl groups is 1. The average Bonchev–Trinajstić information content (AvgIpc) is 2.61. The Morgan fingerprint density at radius 3 is 2.50 bits per heavy atom. The molecule has 0 unspecified atom stereocenters. The molecule has 0 bridgehead atoms. The molecule has 0 spiro atoms. The summed E-state index contributed by atoms with van der Waals surface area (Å²) in [6.07, 6.45) is 0. The van der Waals surface area contributed by atoms with Gasteiger partial charge in [-0.2, -0.15) is 0 Å². The highest BCUT2D eigenvalue weighted by Crippen LogP contribution is 2.18. The molecule has 0 aromatic heterocycles. The zero-order valence-electron chi connectivity index (χ0n) is 13.1. The van der Waals surface area contributed by atoms with Crippen LogP contribution in [0.5, 0.6) is 11.5 Å². The fraction of sp³-hybridized carbons (Fsp3) is 0.100. The molecule has 122 valence electrons. The van der Waals surface area contributed by atoms with Crippen molar-refractivity contribution in [3.8, 4) is 11.5 Å². The van der Waals surface area contributed by atoms with E-state index in [9.17, 15) is 9.50 Å². The Labute approximate surface area is 140 Å². The summed E-state index contributed by atoms with van der Waals surface area (Å²) in [6, 6.07) is 21.2. The van der Waals surface area contributed by atoms with Gasteiger partial charge >= 0.3 is 0 Å². The maximum absolute atomic E-state index is 13.6. The van der Waals surface area contributed by atoms with Crippen LogP contribution in [0.2, 0.25) is 0 Å². The minimum absolute atomic E-state index is 0.196. The third-order valence-electron chi connectivity index (χ3n) is 3.61. The summed E-state index contributed by atoms with van der Waals surface area (Å²) >= 11 is 0. The van der Waals surface area contributed by atoms with E-state index in [4.69, 9.17) is 4.74 Å². The number of anilines is 1. The first-order chi connectivity index (χ1) is 11.7. The summed E-state index contributed by atoms with van der Waals surface area (Å²) in [5.41, 5.74) is 2.50. The lowest BCUT2D eigenvalue weighted by Crippen LogP contribution is -2.01. The molecule has 0 aliphatic carbocycles. The molecule has 3 aromatic rings. The Morgan fingerprint density at radius 2 is 1.71 bits per heavy atom. The number of halogens is 1. The number of phenolic OH excluding ortho intramolecular Hbond substituents is 1. The van der Waals surface area contributed by atoms with Gasteiger partial charge in [0, 0.05) is 17.8 Å². The summed E-state index contributed by atoms with van der Waals surface area (Å²) in [5, 5.41) is 12.6. The van der Waals surface area contributed by atoms with E-state index in [1.807, 2.05) is 36.4 Å². The normalized spacial score (nSPS) is 10.4. The van der Waals surface area contributed by atoms with E-state index in [-0.39, 0.29) is 18.2 Å². The quantitative estimate of drug-likeness (QED) is 0.645. The Bertz CT molecular complexity index is 803. The number of ether oxygens (including phenoxy) is 1. The molecule has 0 radical (unpaired) electrons. The summed E-state index contributed by atoms with van der Waals surface area (Å²) in [5.74, 6) is 0.676. The van der Waals surface area contributed by atoms with Crippen LogP contribution in [0.1, 0.15) is 11.1 Å². The minimum Gasteiger partial charge on any atom is -0.508 e. The molecule has 0 saturated heterocycles. The van der Waals surface area contributed by atoms with E-state index in [2.05, 4.69) is 5.32 Å². The Morgan fingerprint density at radius 1 is 0.917 bits per heavy atom. The second-order valence-corrected chi connectivity index (χ2v) is 5.43. The van der Waals surface area contributed by atoms with Crippen LogP contribution in [0.25, 0.3) is 0 Å². The number of phenols is 1. The van der Waals surface area contributed by atoms with Gasteiger partial charge in [-0.15, -0.1) is 0 Å². The Kier molecular flexibility index (Phi) is 4.96. The predicted octanol–water partition coefficient (Wildman–Crippen LogP) is 4.72. The first-order valence-electron chi connectivity index (χ1n) is 7.69. The maximum Gasteiger partial charge on any atom is 0.129 e. The molecule has 0 fully saturated rings. The zero-order chi connectivity index (χ0) is 16.8. The lowest BCUT2D eigenvalue weighted by atomic mass is 10.2. The van der Waals surface area contributed by atoms with Crippen LogP contribution < -0.4 is 10.1 Å². The van der Waals surface area contributed by atoms with E-state index >= 15 is 0 Å². The van der Waals surface area contributed by atoms with Crippen molar-refractivity contribution in [1.82, 2.24) is 0 Å². The lowest BCUT2D eigenvalue weighted by Gasteiger charge is -2.10. The number of hydrogen-bond donors (Lipinski definition) is 2. The summed E-state index contributed by atoms with van der Waals surface area (Å²) in [6.45, 7) is 0.823. The molecule has 24 heavy (non-hydrogen) atoms. The van der Waals surface area contributed by atoms with Crippen LogP contribution in [0, 0.1) is 5.82 Å². The van der Waals surface area contributed by atoms with Gasteiger partial charge in [-0.25, -0.2) is 4.39 Å². The third-order valence-corrected chi connectivity index (χ3v) is 3.61. The van der Waals surface area contributed by atoms with E-state index in [0.717, 1.165) is 11.3 Å². The summed E-state index contributed by atoms with van der Waals surface area (Å²) in [4.78, 5) is 0. The van der Waals surface area contributed by atoms with Crippen molar-refractivity contribution in [2.75, 3.05) is 5.32 Å². The van der Waals surface area contributed by atoms with Crippen LogP contribution in [0.3, 0.4) is 0 Å². The average molecular weight is 323 g/mol. The van der Waals surface area contributed by atoms with E-state index in [1.165, 1.54) is 6.07 Å². The van der Waals surface area contributed by atoms with Crippen LogP contribution in [0.4, 0.5) is 10.1 Å². The second-order valence-electron chi connectivity index (χ2n) is 5.43. The van der Waals surface area contributed by atoms with Crippen molar-refractivity contribution in [2.45, 2.75) is 13.2 Å². The molecular weight excluding hydrogens is 305 g/mol. The van der Waals surface area contributed by atoms with Crippen LogP contribution in [0.15, 0.2) is 72.8 Å². The van der Waals surface area contributed by atoms with Gasteiger partial charge in [-0.1, -0.05) is 30.3 Å². The lowest BCUT2D eigenvalue weighted by molar-refractivity contribution is 0.299. The number of rotatable bonds is 6. The standard InChI is InChI=1S/C20H18FNO2/c21-20-7-2-1-5-16(20)14-24-19-6-3-4-15(12-19)13-22-17-8-10-18(23)11-9-17/h1-12,22-23H,13-14H2. The molecule has 0 aliphatic rings. The highest BCUT2D eigenvalue weighted by molar-refractivity contribution is 5.46. The Hall–Kier alpha value is -3.01. The van der Waals surface area contributed by atoms with Crippen molar-refractivity contribution < 1.29 is 14.2 Å². The van der Waals surface area contributed by atoms with Gasteiger partial charge in [0.15, 0.2) is 0 Å². The summed E-state index contributed by atoms with van der Waals surface area (Å²) < 4.78 is 19.3. The van der Waals surface area contributed by atoms with Crippen molar-refractivity contribution in [3.63, 3.8) is 0 Å². The van der Waals surface area contributed by atoms with Gasteiger partial charge < -0.3 is 15.2 Å². The molecule has 4 heteroatoms. The molecule has 0 aliphatic heterocycles. The molecule has 3 nitrogen and oxygen atoms in total. The molecule has 0 saturated carbocycles. The second kappa shape index (κ2) is 7.51. The van der Waals surface area contributed by atoms with Crippen LogP contribution in [-0.4, -0.2) is 5.11 Å². The molecule has 3 rings (SSSR count). The Balaban J connectivity index is 1.59. The fourth-order valence-corrected chi connectivity index (χ4v) is 2.31. The van der Waals surface area contributed by atoms with Crippen LogP contribution in [-0.2, 0) is 13.2 Å². The van der Waals surface area contributed by atoms with E-state index < -0.39 is 0 Å². The van der Waals surface area contributed by atoms with Gasteiger partial charge in [0.05, 0.1) is 0 Å². The first-order valence-corrected chi connectivity index (χ1v) is 7.69.